The van der Waals surface area contributed by atoms with Crippen molar-refractivity contribution >= 4 is 38.1 Å². The zero-order chi connectivity index (χ0) is 37.3. The van der Waals surface area contributed by atoms with Crippen LogP contribution in [0.1, 0.15) is 37.3 Å². The summed E-state index contributed by atoms with van der Waals surface area (Å²) in [7, 11) is 0.264. The van der Waals surface area contributed by atoms with Crippen LogP contribution in [0.25, 0.3) is 10.8 Å². The predicted octanol–water partition coefficient (Wildman–Crippen LogP) is 6.14. The summed E-state index contributed by atoms with van der Waals surface area (Å²) in [6, 6.07) is 24.5. The minimum atomic E-state index is -3.64. The van der Waals surface area contributed by atoms with Gasteiger partial charge in [-0.15, -0.1) is 0 Å². The van der Waals surface area contributed by atoms with E-state index < -0.39 is 15.8 Å². The maximum Gasteiger partial charge on any atom is 0.241 e. The molecule has 282 valence electrons. The van der Waals surface area contributed by atoms with Crippen molar-refractivity contribution in [3.63, 3.8) is 0 Å². The Morgan fingerprint density at radius 3 is 2.53 bits per heavy atom. The number of anilines is 1. The van der Waals surface area contributed by atoms with E-state index in [1.165, 1.54) is 6.33 Å². The third-order valence-electron chi connectivity index (χ3n) is 8.99. The smallest absolute Gasteiger partial charge is 0.241 e. The maximum absolute atomic E-state index is 13.2. The molecule has 2 unspecified atom stereocenters. The van der Waals surface area contributed by atoms with Gasteiger partial charge in [-0.05, 0) is 68.3 Å². The number of nitrogens with one attached hydrogen (secondary N) is 2. The van der Waals surface area contributed by atoms with Gasteiger partial charge in [0.15, 0.2) is 11.5 Å². The molecule has 1 fully saturated rings. The van der Waals surface area contributed by atoms with Crippen molar-refractivity contribution in [1.82, 2.24) is 24.8 Å². The van der Waals surface area contributed by atoms with E-state index in [-0.39, 0.29) is 12.7 Å². The lowest BCUT2D eigenvalue weighted by Gasteiger charge is -2.28. The molecule has 1 aliphatic rings. The molecule has 0 amide bonds. The third kappa shape index (κ3) is 9.66. The van der Waals surface area contributed by atoms with E-state index in [1.54, 1.807) is 23.1 Å². The van der Waals surface area contributed by atoms with Crippen molar-refractivity contribution in [2.45, 2.75) is 56.1 Å². The fraction of sp³-hybridized carbons (Fsp3) is 0.385. The summed E-state index contributed by atoms with van der Waals surface area (Å²) in [5, 5.41) is 9.98. The van der Waals surface area contributed by atoms with E-state index >= 15 is 0 Å². The zero-order valence-corrected chi connectivity index (χ0v) is 31.9. The highest BCUT2D eigenvalue weighted by Crippen LogP contribution is 2.37. The van der Waals surface area contributed by atoms with Crippen molar-refractivity contribution < 1.29 is 27.4 Å². The fourth-order valence-electron chi connectivity index (χ4n) is 6.39. The van der Waals surface area contributed by atoms with E-state index in [1.807, 2.05) is 92.6 Å². The number of nitrogens with zero attached hydrogens (tertiary/aromatic N) is 4. The van der Waals surface area contributed by atoms with Gasteiger partial charge in [0.2, 0.25) is 15.8 Å². The van der Waals surface area contributed by atoms with Crippen LogP contribution in [0.5, 0.6) is 11.5 Å². The monoisotopic (exact) mass is 762 g/mol. The number of halogens is 1. The second kappa shape index (κ2) is 17.7. The first kappa shape index (κ1) is 38.5. The van der Waals surface area contributed by atoms with Crippen molar-refractivity contribution in [2.24, 2.45) is 0 Å². The summed E-state index contributed by atoms with van der Waals surface area (Å²) in [4.78, 5) is 6.35. The van der Waals surface area contributed by atoms with Gasteiger partial charge in [-0.2, -0.15) is 5.10 Å². The molecular weight excluding hydrogens is 716 g/mol. The van der Waals surface area contributed by atoms with Gasteiger partial charge in [-0.1, -0.05) is 60.5 Å². The summed E-state index contributed by atoms with van der Waals surface area (Å²) in [5.41, 5.74) is 2.87. The lowest BCUT2D eigenvalue weighted by atomic mass is 10.1. The molecule has 53 heavy (non-hydrogen) atoms. The Bertz CT molecular complexity index is 2050. The Hall–Kier alpha value is -4.24. The SMILES string of the molecule is CCOc1cc(CNCCCCCNS(=O)(=O)c2cccc3c(N(C)C)cccc23)ccc1OCC1COC(Cn2cncn2)(c2ccc(Cl)cc2)O1. The molecule has 14 heteroatoms. The minimum absolute atomic E-state index is 0.264. The number of benzene rings is 4. The van der Waals surface area contributed by atoms with Crippen LogP contribution in [0.3, 0.4) is 0 Å². The van der Waals surface area contributed by atoms with Crippen molar-refractivity contribution in [2.75, 3.05) is 51.9 Å². The Kier molecular flexibility index (Phi) is 12.9. The number of ether oxygens (including phenoxy) is 4. The predicted molar refractivity (Wildman–Crippen MR) is 206 cm³/mol. The fourth-order valence-corrected chi connectivity index (χ4v) is 7.81. The summed E-state index contributed by atoms with van der Waals surface area (Å²) >= 11 is 6.15. The highest BCUT2D eigenvalue weighted by Gasteiger charge is 2.44. The van der Waals surface area contributed by atoms with Crippen molar-refractivity contribution in [1.29, 1.82) is 0 Å². The van der Waals surface area contributed by atoms with Crippen molar-refractivity contribution in [3.05, 3.63) is 108 Å². The molecule has 1 aliphatic heterocycles. The van der Waals surface area contributed by atoms with Gasteiger partial charge in [-0.3, -0.25) is 0 Å². The minimum Gasteiger partial charge on any atom is -0.490 e. The summed E-state index contributed by atoms with van der Waals surface area (Å²) in [5.74, 6) is 0.227. The average Bonchev–Trinajstić information content (AvgIpc) is 3.82. The van der Waals surface area contributed by atoms with Crippen LogP contribution >= 0.6 is 11.6 Å². The molecule has 2 N–H and O–H groups in total. The molecule has 0 saturated carbocycles. The normalized spacial score (nSPS) is 17.3. The molecule has 0 spiro atoms. The highest BCUT2D eigenvalue weighted by atomic mass is 35.5. The summed E-state index contributed by atoms with van der Waals surface area (Å²) in [6.45, 7) is 5.19. The molecule has 2 heterocycles. The van der Waals surface area contributed by atoms with Gasteiger partial charge >= 0.3 is 0 Å². The van der Waals surface area contributed by atoms with Crippen molar-refractivity contribution in [3.8, 4) is 11.5 Å². The van der Waals surface area contributed by atoms with Crippen LogP contribution in [0.15, 0.2) is 96.4 Å². The van der Waals surface area contributed by atoms with Gasteiger partial charge < -0.3 is 29.2 Å². The zero-order valence-electron chi connectivity index (χ0n) is 30.3. The number of hydrogen-bond donors (Lipinski definition) is 2. The van der Waals surface area contributed by atoms with Crippen LogP contribution in [-0.4, -0.2) is 76.3 Å². The molecule has 1 aromatic heterocycles. The standard InChI is InChI=1S/C39H47ClN6O6S/c1-4-49-37-22-29(23-41-20-6-5-7-21-44-53(47,48)38-13-9-10-33-34(38)11-8-12-35(33)45(2)3)14-19-36(37)50-24-32-25-51-39(52-32,26-46-28-42-27-43-46)30-15-17-31(40)18-16-30/h8-19,22,27-28,32,41,44H,4-7,20-21,23-26H2,1-3H3. The van der Waals surface area contributed by atoms with E-state index in [4.69, 9.17) is 30.5 Å². The van der Waals surface area contributed by atoms with Crippen LogP contribution in [0.4, 0.5) is 5.69 Å². The number of fused-ring (bicyclic) bond motifs is 1. The molecule has 12 nitrogen and oxygen atoms in total. The molecule has 0 aliphatic carbocycles. The second-order valence-corrected chi connectivity index (χ2v) is 15.3. The lowest BCUT2D eigenvalue weighted by Crippen LogP contribution is -2.34. The second-order valence-electron chi connectivity index (χ2n) is 13.1. The van der Waals surface area contributed by atoms with Gasteiger partial charge in [0.1, 0.15) is 31.9 Å². The molecule has 6 rings (SSSR count). The Balaban J connectivity index is 0.948. The first-order valence-corrected chi connectivity index (χ1v) is 19.7. The van der Waals surface area contributed by atoms with Crippen LogP contribution in [0.2, 0.25) is 5.02 Å². The lowest BCUT2D eigenvalue weighted by molar-refractivity contribution is -0.190. The van der Waals surface area contributed by atoms with Crippen LogP contribution < -0.4 is 24.4 Å². The maximum atomic E-state index is 13.2. The number of unbranched alkanes of at least 4 members (excludes halogenated alkanes) is 2. The largest absolute Gasteiger partial charge is 0.490 e. The van der Waals surface area contributed by atoms with E-state index in [0.717, 1.165) is 53.4 Å². The summed E-state index contributed by atoms with van der Waals surface area (Å²) in [6.07, 6.45) is 5.31. The highest BCUT2D eigenvalue weighted by molar-refractivity contribution is 7.89. The van der Waals surface area contributed by atoms with Gasteiger partial charge in [0.05, 0.1) is 18.1 Å². The quantitative estimate of drug-likeness (QED) is 0.0948. The van der Waals surface area contributed by atoms with E-state index in [0.29, 0.717) is 54.3 Å². The van der Waals surface area contributed by atoms with Crippen LogP contribution in [-0.2, 0) is 38.4 Å². The summed E-state index contributed by atoms with van der Waals surface area (Å²) < 4.78 is 55.8. The van der Waals surface area contributed by atoms with Crippen LogP contribution in [0, 0.1) is 0 Å². The molecule has 2 atom stereocenters. The first-order chi connectivity index (χ1) is 25.7. The topological polar surface area (TPSA) is 129 Å². The molecular formula is C39H47ClN6O6S. The first-order valence-electron chi connectivity index (χ1n) is 17.9. The Morgan fingerprint density at radius 2 is 1.75 bits per heavy atom. The number of hydrogen-bond acceptors (Lipinski definition) is 10. The molecule has 0 radical (unpaired) electrons. The van der Waals surface area contributed by atoms with E-state index in [2.05, 4.69) is 20.1 Å². The molecule has 5 aromatic rings. The Labute approximate surface area is 316 Å². The van der Waals surface area contributed by atoms with Gasteiger partial charge in [0, 0.05) is 54.2 Å². The number of rotatable bonds is 19. The van der Waals surface area contributed by atoms with E-state index in [9.17, 15) is 8.42 Å². The molecule has 1 saturated heterocycles. The number of sulfonamides is 1. The van der Waals surface area contributed by atoms with Gasteiger partial charge in [0.25, 0.3) is 0 Å². The number of aromatic nitrogens is 3. The molecule has 4 aromatic carbocycles. The molecule has 0 bridgehead atoms. The van der Waals surface area contributed by atoms with Gasteiger partial charge in [-0.25, -0.2) is 22.8 Å². The average molecular weight is 763 g/mol. The third-order valence-corrected chi connectivity index (χ3v) is 10.8. The Morgan fingerprint density at radius 1 is 0.962 bits per heavy atom.